The number of nitrogens with zero attached hydrogens (tertiary/aromatic N) is 2. The molecule has 0 amide bonds. The van der Waals surface area contributed by atoms with Crippen molar-refractivity contribution in [3.05, 3.63) is 106 Å². The highest BCUT2D eigenvalue weighted by Gasteiger charge is 2.13. The molecule has 0 atom stereocenters. The predicted molar refractivity (Wildman–Crippen MR) is 118 cm³/mol. The molecule has 0 N–H and O–H groups in total. The second kappa shape index (κ2) is 9.40. The number of carbonyl (C=O) groups excluding carboxylic acids is 1. The zero-order chi connectivity index (χ0) is 21.6. The first-order chi connectivity index (χ1) is 15.1. The number of aromatic nitrogens is 2. The van der Waals surface area contributed by atoms with E-state index in [1.165, 1.54) is 17.8 Å². The average Bonchev–Trinajstić information content (AvgIpc) is 2.80. The summed E-state index contributed by atoms with van der Waals surface area (Å²) in [5.74, 6) is 0.0421. The van der Waals surface area contributed by atoms with Gasteiger partial charge in [0.05, 0.1) is 11.3 Å². The van der Waals surface area contributed by atoms with Crippen LogP contribution in [0.15, 0.2) is 93.6 Å². The molecule has 31 heavy (non-hydrogen) atoms. The maximum atomic E-state index is 12.4. The third-order valence-corrected chi connectivity index (χ3v) is 5.28. The van der Waals surface area contributed by atoms with Crippen molar-refractivity contribution in [3.63, 3.8) is 0 Å². The third kappa shape index (κ3) is 5.26. The van der Waals surface area contributed by atoms with Gasteiger partial charge in [0, 0.05) is 18.0 Å². The molecule has 6 nitrogen and oxygen atoms in total. The highest BCUT2D eigenvalue weighted by atomic mass is 32.2. The second-order valence-electron chi connectivity index (χ2n) is 6.68. The Morgan fingerprint density at radius 1 is 1.03 bits per heavy atom. The van der Waals surface area contributed by atoms with Crippen LogP contribution in [-0.4, -0.2) is 15.9 Å². The van der Waals surface area contributed by atoms with Crippen LogP contribution < -0.4 is 10.2 Å². The van der Waals surface area contributed by atoms with Crippen LogP contribution in [0.2, 0.25) is 0 Å². The molecule has 0 aliphatic rings. The number of hydrogen-bond donors (Lipinski definition) is 0. The summed E-state index contributed by atoms with van der Waals surface area (Å²) in [5.41, 5.74) is 2.80. The Hall–Kier alpha value is -3.71. The van der Waals surface area contributed by atoms with E-state index in [-0.39, 0.29) is 5.75 Å². The molecule has 4 aromatic rings. The van der Waals surface area contributed by atoms with E-state index in [2.05, 4.69) is 9.97 Å². The Labute approximate surface area is 183 Å². The van der Waals surface area contributed by atoms with Gasteiger partial charge in [-0.15, -0.1) is 0 Å². The second-order valence-corrected chi connectivity index (χ2v) is 7.62. The van der Waals surface area contributed by atoms with E-state index in [0.717, 1.165) is 23.1 Å². The first-order valence-electron chi connectivity index (χ1n) is 9.50. The molecular weight excluding hydrogens is 412 g/mol. The van der Waals surface area contributed by atoms with Crippen molar-refractivity contribution in [1.29, 1.82) is 0 Å². The summed E-state index contributed by atoms with van der Waals surface area (Å²) in [6.45, 7) is 1.88. The largest absolute Gasteiger partial charge is 0.464 e. The van der Waals surface area contributed by atoms with Crippen molar-refractivity contribution in [2.75, 3.05) is 0 Å². The van der Waals surface area contributed by atoms with Crippen LogP contribution in [0.4, 0.5) is 0 Å². The Bertz CT molecular complexity index is 1250. The molecule has 2 aromatic heterocycles. The lowest BCUT2D eigenvalue weighted by atomic mass is 10.0. The Kier molecular flexibility index (Phi) is 6.24. The molecule has 2 heterocycles. The fourth-order valence-electron chi connectivity index (χ4n) is 2.81. The van der Waals surface area contributed by atoms with Gasteiger partial charge in [-0.1, -0.05) is 54.2 Å². The smallest absolute Gasteiger partial charge is 0.343 e. The summed E-state index contributed by atoms with van der Waals surface area (Å²) in [6.07, 6.45) is 2.83. The number of thioether (sulfide) groups is 1. The SMILES string of the molecule is Cc1ccnc(SCc2cc(=O)c(OC(=O)c3ccc(-c4ccccc4)cc3)co2)n1. The molecule has 0 saturated heterocycles. The standard InChI is InChI=1S/C24H18N2O4S/c1-16-11-12-25-24(26-16)31-15-20-13-21(27)22(14-29-20)30-23(28)19-9-7-18(8-10-19)17-5-3-2-4-6-17/h2-14H,15H2,1H3. The van der Waals surface area contributed by atoms with Crippen molar-refractivity contribution in [2.24, 2.45) is 0 Å². The van der Waals surface area contributed by atoms with E-state index in [9.17, 15) is 9.59 Å². The quantitative estimate of drug-likeness (QED) is 0.244. The van der Waals surface area contributed by atoms with Gasteiger partial charge in [-0.2, -0.15) is 0 Å². The molecule has 2 aromatic carbocycles. The number of benzene rings is 2. The van der Waals surface area contributed by atoms with Crippen LogP contribution >= 0.6 is 11.8 Å². The number of esters is 1. The highest BCUT2D eigenvalue weighted by Crippen LogP contribution is 2.21. The van der Waals surface area contributed by atoms with Crippen LogP contribution in [-0.2, 0) is 5.75 Å². The monoisotopic (exact) mass is 430 g/mol. The lowest BCUT2D eigenvalue weighted by molar-refractivity contribution is 0.0729. The van der Waals surface area contributed by atoms with Gasteiger partial charge in [0.2, 0.25) is 11.2 Å². The molecule has 154 valence electrons. The summed E-state index contributed by atoms with van der Waals surface area (Å²) in [4.78, 5) is 33.2. The van der Waals surface area contributed by atoms with Gasteiger partial charge >= 0.3 is 5.97 Å². The maximum absolute atomic E-state index is 12.4. The van der Waals surface area contributed by atoms with Crippen molar-refractivity contribution < 1.29 is 13.9 Å². The summed E-state index contributed by atoms with van der Waals surface area (Å²) < 4.78 is 10.7. The zero-order valence-corrected chi connectivity index (χ0v) is 17.5. The first kappa shape index (κ1) is 20.6. The van der Waals surface area contributed by atoms with Crippen molar-refractivity contribution in [1.82, 2.24) is 9.97 Å². The number of ether oxygens (including phenoxy) is 1. The number of rotatable bonds is 6. The molecule has 0 aliphatic heterocycles. The minimum atomic E-state index is -0.623. The van der Waals surface area contributed by atoms with Crippen LogP contribution in [0.1, 0.15) is 21.8 Å². The number of hydrogen-bond acceptors (Lipinski definition) is 7. The zero-order valence-electron chi connectivity index (χ0n) is 16.6. The Balaban J connectivity index is 1.40. The predicted octanol–water partition coefficient (Wildman–Crippen LogP) is 4.92. The number of aryl methyl sites for hydroxylation is 1. The molecule has 0 saturated carbocycles. The summed E-state index contributed by atoms with van der Waals surface area (Å²) in [7, 11) is 0. The molecule has 0 spiro atoms. The first-order valence-corrected chi connectivity index (χ1v) is 10.5. The molecule has 0 fully saturated rings. The minimum Gasteiger partial charge on any atom is -0.464 e. The van der Waals surface area contributed by atoms with Crippen molar-refractivity contribution >= 4 is 17.7 Å². The fourth-order valence-corrected chi connectivity index (χ4v) is 3.57. The Morgan fingerprint density at radius 2 is 1.77 bits per heavy atom. The van der Waals surface area contributed by atoms with Gasteiger partial charge in [0.1, 0.15) is 12.0 Å². The minimum absolute atomic E-state index is 0.155. The molecule has 0 unspecified atom stereocenters. The lowest BCUT2D eigenvalue weighted by Gasteiger charge is -2.06. The van der Waals surface area contributed by atoms with E-state index >= 15 is 0 Å². The van der Waals surface area contributed by atoms with E-state index in [1.54, 1.807) is 18.3 Å². The van der Waals surface area contributed by atoms with E-state index < -0.39 is 11.4 Å². The topological polar surface area (TPSA) is 82.3 Å². The average molecular weight is 430 g/mol. The summed E-state index contributed by atoms with van der Waals surface area (Å²) >= 11 is 1.35. The van der Waals surface area contributed by atoms with Gasteiger partial charge in [-0.25, -0.2) is 14.8 Å². The van der Waals surface area contributed by atoms with Crippen molar-refractivity contribution in [3.8, 4) is 16.9 Å². The molecular formula is C24H18N2O4S. The van der Waals surface area contributed by atoms with Gasteiger partial charge in [-0.3, -0.25) is 4.79 Å². The van der Waals surface area contributed by atoms with Crippen LogP contribution in [0.5, 0.6) is 5.75 Å². The third-order valence-electron chi connectivity index (χ3n) is 4.40. The molecule has 0 bridgehead atoms. The highest BCUT2D eigenvalue weighted by molar-refractivity contribution is 7.98. The summed E-state index contributed by atoms with van der Waals surface area (Å²) in [6, 6.07) is 19.9. The maximum Gasteiger partial charge on any atom is 0.343 e. The van der Waals surface area contributed by atoms with Gasteiger partial charge in [0.25, 0.3) is 0 Å². The van der Waals surface area contributed by atoms with E-state index in [1.807, 2.05) is 55.5 Å². The van der Waals surface area contributed by atoms with Crippen LogP contribution in [0, 0.1) is 6.92 Å². The van der Waals surface area contributed by atoms with E-state index in [0.29, 0.717) is 22.2 Å². The lowest BCUT2D eigenvalue weighted by Crippen LogP contribution is -2.14. The van der Waals surface area contributed by atoms with Gasteiger partial charge in [-0.05, 0) is 36.2 Å². The van der Waals surface area contributed by atoms with Gasteiger partial charge in [0.15, 0.2) is 5.16 Å². The van der Waals surface area contributed by atoms with E-state index in [4.69, 9.17) is 9.15 Å². The summed E-state index contributed by atoms with van der Waals surface area (Å²) in [5, 5.41) is 0.595. The normalized spacial score (nSPS) is 10.6. The van der Waals surface area contributed by atoms with Crippen LogP contribution in [0.3, 0.4) is 0 Å². The fraction of sp³-hybridized carbons (Fsp3) is 0.0833. The van der Waals surface area contributed by atoms with Crippen molar-refractivity contribution in [2.45, 2.75) is 17.8 Å². The number of carbonyl (C=O) groups is 1. The molecule has 0 radical (unpaired) electrons. The molecule has 7 heteroatoms. The molecule has 0 aliphatic carbocycles. The Morgan fingerprint density at radius 3 is 2.48 bits per heavy atom. The van der Waals surface area contributed by atoms with Gasteiger partial charge < -0.3 is 9.15 Å². The van der Waals surface area contributed by atoms with Crippen LogP contribution in [0.25, 0.3) is 11.1 Å². The molecule has 4 rings (SSSR count).